The topological polar surface area (TPSA) is 38.1 Å². The third-order valence-corrected chi connectivity index (χ3v) is 4.17. The molecule has 1 aliphatic rings. The summed E-state index contributed by atoms with van der Waals surface area (Å²) in [6, 6.07) is 4.42. The number of hydrogen-bond donors (Lipinski definition) is 1. The summed E-state index contributed by atoms with van der Waals surface area (Å²) in [6.45, 7) is 4.66. The smallest absolute Gasteiger partial charge is 0.139 e. The zero-order chi connectivity index (χ0) is 11.8. The highest BCUT2D eigenvalue weighted by Gasteiger charge is 2.30. The lowest BCUT2D eigenvalue weighted by molar-refractivity contribution is 0.435. The van der Waals surface area contributed by atoms with Gasteiger partial charge in [-0.15, -0.1) is 0 Å². The Kier molecular flexibility index (Phi) is 2.54. The normalized spacial score (nSPS) is 28.7. The Labute approximate surface area is 101 Å². The summed E-state index contributed by atoms with van der Waals surface area (Å²) in [5.41, 5.74) is 0.904. The fourth-order valence-corrected chi connectivity index (χ4v) is 2.75. The molecule has 0 radical (unpaired) electrons. The van der Waals surface area contributed by atoms with Crippen molar-refractivity contribution in [2.75, 3.05) is 5.32 Å². The zero-order valence-electron chi connectivity index (χ0n) is 10.3. The maximum absolute atomic E-state index is 5.39. The van der Waals surface area contributed by atoms with E-state index in [-0.39, 0.29) is 0 Å². The lowest BCUT2D eigenvalue weighted by Crippen LogP contribution is -2.24. The van der Waals surface area contributed by atoms with Gasteiger partial charge in [-0.2, -0.15) is 0 Å². The molecule has 3 unspecified atom stereocenters. The summed E-state index contributed by atoms with van der Waals surface area (Å²) in [6.07, 6.45) is 6.06. The van der Waals surface area contributed by atoms with Crippen LogP contribution < -0.4 is 5.32 Å². The lowest BCUT2D eigenvalue weighted by Gasteiger charge is -2.20. The van der Waals surface area contributed by atoms with Crippen LogP contribution in [0.5, 0.6) is 0 Å². The summed E-state index contributed by atoms with van der Waals surface area (Å²) < 4.78 is 5.39. The van der Waals surface area contributed by atoms with Gasteiger partial charge in [0, 0.05) is 12.2 Å². The second kappa shape index (κ2) is 4.06. The van der Waals surface area contributed by atoms with Gasteiger partial charge in [0.15, 0.2) is 0 Å². The van der Waals surface area contributed by atoms with Crippen molar-refractivity contribution >= 4 is 16.8 Å². The second-order valence-electron chi connectivity index (χ2n) is 5.16. The Balaban J connectivity index is 1.88. The van der Waals surface area contributed by atoms with Crippen molar-refractivity contribution in [2.24, 2.45) is 11.8 Å². The first-order valence-electron chi connectivity index (χ1n) is 6.34. The molecule has 1 aliphatic carbocycles. The van der Waals surface area contributed by atoms with E-state index in [0.29, 0.717) is 12.0 Å². The van der Waals surface area contributed by atoms with Crippen LogP contribution in [-0.2, 0) is 0 Å². The van der Waals surface area contributed by atoms with E-state index in [1.165, 1.54) is 12.8 Å². The molecule has 1 saturated carbocycles. The van der Waals surface area contributed by atoms with Crippen LogP contribution >= 0.6 is 0 Å². The summed E-state index contributed by atoms with van der Waals surface area (Å²) in [7, 11) is 0. The third-order valence-electron chi connectivity index (χ3n) is 4.17. The molecule has 0 bridgehead atoms. The highest BCUT2D eigenvalue weighted by Crippen LogP contribution is 2.34. The van der Waals surface area contributed by atoms with Crippen molar-refractivity contribution in [3.05, 3.63) is 24.6 Å². The quantitative estimate of drug-likeness (QED) is 0.855. The monoisotopic (exact) mass is 230 g/mol. The van der Waals surface area contributed by atoms with Gasteiger partial charge >= 0.3 is 0 Å². The van der Waals surface area contributed by atoms with Crippen LogP contribution in [0.3, 0.4) is 0 Å². The molecule has 3 atom stereocenters. The van der Waals surface area contributed by atoms with E-state index in [0.717, 1.165) is 22.7 Å². The van der Waals surface area contributed by atoms with Gasteiger partial charge in [0.2, 0.25) is 0 Å². The number of aromatic nitrogens is 1. The first-order chi connectivity index (χ1) is 8.25. The fraction of sp³-hybridized carbons (Fsp3) is 0.500. The Morgan fingerprint density at radius 2 is 2.18 bits per heavy atom. The van der Waals surface area contributed by atoms with Crippen LogP contribution in [0, 0.1) is 11.8 Å². The number of pyridine rings is 1. The van der Waals surface area contributed by atoms with Crippen LogP contribution in [0.2, 0.25) is 0 Å². The molecule has 3 nitrogen and oxygen atoms in total. The Morgan fingerprint density at radius 3 is 2.94 bits per heavy atom. The molecule has 90 valence electrons. The van der Waals surface area contributed by atoms with Gasteiger partial charge < -0.3 is 9.73 Å². The molecule has 0 amide bonds. The van der Waals surface area contributed by atoms with Gasteiger partial charge in [-0.25, -0.2) is 4.98 Å². The maximum atomic E-state index is 5.39. The molecule has 1 N–H and O–H groups in total. The SMILES string of the molecule is CC1CCC(Nc2nccc3occc23)C1C. The Hall–Kier alpha value is -1.51. The first-order valence-corrected chi connectivity index (χ1v) is 6.34. The van der Waals surface area contributed by atoms with Gasteiger partial charge in [0.25, 0.3) is 0 Å². The van der Waals surface area contributed by atoms with E-state index in [9.17, 15) is 0 Å². The molecule has 0 spiro atoms. The number of fused-ring (bicyclic) bond motifs is 1. The molecule has 2 heterocycles. The van der Waals surface area contributed by atoms with Crippen LogP contribution in [0.25, 0.3) is 11.0 Å². The summed E-state index contributed by atoms with van der Waals surface area (Å²) >= 11 is 0. The Morgan fingerprint density at radius 1 is 1.29 bits per heavy atom. The number of anilines is 1. The van der Waals surface area contributed by atoms with Crippen LogP contribution in [0.1, 0.15) is 26.7 Å². The van der Waals surface area contributed by atoms with Crippen molar-refractivity contribution < 1.29 is 4.42 Å². The zero-order valence-corrected chi connectivity index (χ0v) is 10.3. The maximum Gasteiger partial charge on any atom is 0.139 e. The molecule has 0 aromatic carbocycles. The average molecular weight is 230 g/mol. The molecule has 3 heteroatoms. The fourth-order valence-electron chi connectivity index (χ4n) is 2.75. The minimum atomic E-state index is 0.540. The predicted molar refractivity (Wildman–Crippen MR) is 69.0 cm³/mol. The molecule has 0 saturated heterocycles. The number of rotatable bonds is 2. The summed E-state index contributed by atoms with van der Waals surface area (Å²) in [4.78, 5) is 4.43. The molecule has 17 heavy (non-hydrogen) atoms. The van der Waals surface area contributed by atoms with Crippen molar-refractivity contribution in [1.29, 1.82) is 0 Å². The minimum Gasteiger partial charge on any atom is -0.464 e. The van der Waals surface area contributed by atoms with Crippen LogP contribution in [0.15, 0.2) is 29.0 Å². The summed E-state index contributed by atoms with van der Waals surface area (Å²) in [5, 5.41) is 4.66. The molecular weight excluding hydrogens is 212 g/mol. The van der Waals surface area contributed by atoms with E-state index >= 15 is 0 Å². The Bertz CT molecular complexity index is 520. The van der Waals surface area contributed by atoms with Crippen molar-refractivity contribution in [3.63, 3.8) is 0 Å². The largest absolute Gasteiger partial charge is 0.464 e. The molecule has 3 rings (SSSR count). The van der Waals surface area contributed by atoms with E-state index in [4.69, 9.17) is 4.42 Å². The minimum absolute atomic E-state index is 0.540. The molecule has 1 fully saturated rings. The number of furan rings is 1. The molecular formula is C14H18N2O. The van der Waals surface area contributed by atoms with Gasteiger partial charge in [-0.3, -0.25) is 0 Å². The van der Waals surface area contributed by atoms with E-state index in [1.54, 1.807) is 12.5 Å². The molecule has 2 aromatic rings. The van der Waals surface area contributed by atoms with Crippen LogP contribution in [0.4, 0.5) is 5.82 Å². The highest BCUT2D eigenvalue weighted by atomic mass is 16.3. The highest BCUT2D eigenvalue weighted by molar-refractivity contribution is 5.87. The molecule has 0 aliphatic heterocycles. The van der Waals surface area contributed by atoms with E-state index in [1.807, 2.05) is 12.1 Å². The van der Waals surface area contributed by atoms with Crippen molar-refractivity contribution in [1.82, 2.24) is 4.98 Å². The second-order valence-corrected chi connectivity index (χ2v) is 5.16. The predicted octanol–water partition coefficient (Wildman–Crippen LogP) is 3.67. The number of nitrogens with one attached hydrogen (secondary N) is 1. The first kappa shape index (κ1) is 10.6. The van der Waals surface area contributed by atoms with Crippen LogP contribution in [-0.4, -0.2) is 11.0 Å². The van der Waals surface area contributed by atoms with Gasteiger partial charge in [0.1, 0.15) is 11.4 Å². The number of hydrogen-bond acceptors (Lipinski definition) is 3. The molecule has 2 aromatic heterocycles. The summed E-state index contributed by atoms with van der Waals surface area (Å²) in [5.74, 6) is 2.47. The third kappa shape index (κ3) is 1.79. The van der Waals surface area contributed by atoms with E-state index in [2.05, 4.69) is 24.1 Å². The number of nitrogens with zero attached hydrogens (tertiary/aromatic N) is 1. The van der Waals surface area contributed by atoms with Gasteiger partial charge in [-0.1, -0.05) is 13.8 Å². The standard InChI is InChI=1S/C14H18N2O/c1-9-3-4-12(10(9)2)16-14-11-6-8-17-13(11)5-7-15-14/h5-10,12H,3-4H2,1-2H3,(H,15,16). The van der Waals surface area contributed by atoms with Crippen molar-refractivity contribution in [2.45, 2.75) is 32.7 Å². The van der Waals surface area contributed by atoms with Crippen molar-refractivity contribution in [3.8, 4) is 0 Å². The van der Waals surface area contributed by atoms with Gasteiger partial charge in [-0.05, 0) is 36.8 Å². The van der Waals surface area contributed by atoms with E-state index < -0.39 is 0 Å². The lowest BCUT2D eigenvalue weighted by atomic mass is 9.98. The average Bonchev–Trinajstić information content (AvgIpc) is 2.91. The van der Waals surface area contributed by atoms with Gasteiger partial charge in [0.05, 0.1) is 11.6 Å².